The highest BCUT2D eigenvalue weighted by molar-refractivity contribution is 9.10. The second-order valence-corrected chi connectivity index (χ2v) is 6.51. The lowest BCUT2D eigenvalue weighted by Gasteiger charge is -2.22. The fourth-order valence-electron chi connectivity index (χ4n) is 2.27. The molecule has 1 N–H and O–H groups in total. The molecule has 2 rings (SSSR count). The summed E-state index contributed by atoms with van der Waals surface area (Å²) in [7, 11) is 0. The molecule has 2 aromatic carbocycles. The highest BCUT2D eigenvalue weighted by atomic mass is 79.9. The Hall–Kier alpha value is -0.830. The summed E-state index contributed by atoms with van der Waals surface area (Å²) in [4.78, 5) is 0. The summed E-state index contributed by atoms with van der Waals surface area (Å²) in [5.41, 5.74) is 3.69. The lowest BCUT2D eigenvalue weighted by molar-refractivity contribution is 0.495. The molecule has 0 aliphatic carbocycles. The third-order valence-electron chi connectivity index (χ3n) is 3.51. The Morgan fingerprint density at radius 2 is 1.65 bits per heavy atom. The summed E-state index contributed by atoms with van der Waals surface area (Å²) in [5, 5.41) is 4.38. The largest absolute Gasteiger partial charge is 0.304 e. The molecule has 0 saturated heterocycles. The van der Waals surface area contributed by atoms with Gasteiger partial charge in [0.25, 0.3) is 0 Å². The number of benzene rings is 2. The van der Waals surface area contributed by atoms with Gasteiger partial charge < -0.3 is 5.32 Å². The third kappa shape index (κ3) is 3.85. The van der Waals surface area contributed by atoms with Gasteiger partial charge in [0.05, 0.1) is 0 Å². The van der Waals surface area contributed by atoms with Crippen LogP contribution in [0.4, 0.5) is 0 Å². The smallest absolute Gasteiger partial charge is 0.0464 e. The zero-order chi connectivity index (χ0) is 14.7. The average molecular weight is 353 g/mol. The predicted octanol–water partition coefficient (Wildman–Crippen LogP) is 5.82. The van der Waals surface area contributed by atoms with Crippen molar-refractivity contribution in [1.82, 2.24) is 5.32 Å². The van der Waals surface area contributed by atoms with Crippen molar-refractivity contribution >= 4 is 27.5 Å². The maximum atomic E-state index is 6.30. The van der Waals surface area contributed by atoms with Crippen LogP contribution in [0.3, 0.4) is 0 Å². The normalized spacial score (nSPS) is 14.1. The van der Waals surface area contributed by atoms with Gasteiger partial charge in [0.1, 0.15) is 0 Å². The van der Waals surface area contributed by atoms with Gasteiger partial charge in [-0.2, -0.15) is 0 Å². The van der Waals surface area contributed by atoms with E-state index in [0.717, 1.165) is 15.1 Å². The number of halogens is 2. The van der Waals surface area contributed by atoms with Gasteiger partial charge in [0, 0.05) is 21.6 Å². The van der Waals surface area contributed by atoms with Crippen LogP contribution < -0.4 is 5.32 Å². The third-order valence-corrected chi connectivity index (χ3v) is 4.33. The van der Waals surface area contributed by atoms with E-state index >= 15 is 0 Å². The van der Waals surface area contributed by atoms with Crippen molar-refractivity contribution in [3.05, 3.63) is 68.7 Å². The maximum absolute atomic E-state index is 6.30. The molecule has 0 aliphatic heterocycles. The van der Waals surface area contributed by atoms with E-state index in [1.165, 1.54) is 11.1 Å². The molecule has 0 bridgehead atoms. The molecule has 0 fully saturated rings. The Balaban J connectivity index is 2.10. The van der Waals surface area contributed by atoms with Gasteiger partial charge in [-0.05, 0) is 44.0 Å². The Morgan fingerprint density at radius 1 is 1.00 bits per heavy atom. The Kier molecular flexibility index (Phi) is 5.25. The lowest BCUT2D eigenvalue weighted by Crippen LogP contribution is -2.22. The molecule has 1 unspecified atom stereocenters. The minimum absolute atomic E-state index is 0.201. The van der Waals surface area contributed by atoms with Crippen molar-refractivity contribution in [2.75, 3.05) is 0 Å². The molecule has 2 aromatic rings. The first-order chi connectivity index (χ1) is 9.47. The Morgan fingerprint density at radius 3 is 2.25 bits per heavy atom. The van der Waals surface area contributed by atoms with Crippen LogP contribution in [0.5, 0.6) is 0 Å². The second kappa shape index (κ2) is 6.75. The van der Waals surface area contributed by atoms with E-state index in [1.807, 2.05) is 12.1 Å². The number of hydrogen-bond acceptors (Lipinski definition) is 1. The molecule has 0 aliphatic rings. The van der Waals surface area contributed by atoms with Gasteiger partial charge in [-0.3, -0.25) is 0 Å². The molecular weight excluding hydrogens is 334 g/mol. The summed E-state index contributed by atoms with van der Waals surface area (Å²) in [6, 6.07) is 15.1. The van der Waals surface area contributed by atoms with Gasteiger partial charge in [0.2, 0.25) is 0 Å². The molecule has 0 saturated carbocycles. The number of aryl methyl sites for hydroxylation is 1. The molecule has 0 heterocycles. The first-order valence-electron chi connectivity index (χ1n) is 6.75. The van der Waals surface area contributed by atoms with Gasteiger partial charge in [-0.25, -0.2) is 0 Å². The first kappa shape index (κ1) is 15.6. The van der Waals surface area contributed by atoms with Crippen LogP contribution in [-0.2, 0) is 0 Å². The average Bonchev–Trinajstić information content (AvgIpc) is 2.39. The van der Waals surface area contributed by atoms with Crippen molar-refractivity contribution in [3.8, 4) is 0 Å². The fourth-order valence-corrected chi connectivity index (χ4v) is 3.11. The standard InChI is InChI=1S/C17H19BrClN/c1-11-4-6-14(7-5-11)12(2)20-13(3)16-9-8-15(18)10-17(16)19/h4-10,12-13,20H,1-3H3/t12-,13?/m1/s1. The van der Waals surface area contributed by atoms with Gasteiger partial charge in [0.15, 0.2) is 0 Å². The van der Waals surface area contributed by atoms with Crippen molar-refractivity contribution in [1.29, 1.82) is 0 Å². The molecule has 106 valence electrons. The minimum Gasteiger partial charge on any atom is -0.304 e. The van der Waals surface area contributed by atoms with E-state index in [0.29, 0.717) is 0 Å². The van der Waals surface area contributed by atoms with Crippen molar-refractivity contribution in [2.24, 2.45) is 0 Å². The van der Waals surface area contributed by atoms with Crippen LogP contribution in [0.1, 0.15) is 42.6 Å². The molecule has 0 spiro atoms. The highest BCUT2D eigenvalue weighted by Crippen LogP contribution is 2.28. The topological polar surface area (TPSA) is 12.0 Å². The summed E-state index contributed by atoms with van der Waals surface area (Å²) in [6.45, 7) is 6.42. The van der Waals surface area contributed by atoms with Crippen molar-refractivity contribution in [2.45, 2.75) is 32.9 Å². The van der Waals surface area contributed by atoms with Crippen LogP contribution in [0, 0.1) is 6.92 Å². The minimum atomic E-state index is 0.201. The number of nitrogens with one attached hydrogen (secondary N) is 1. The number of rotatable bonds is 4. The van der Waals surface area contributed by atoms with E-state index in [1.54, 1.807) is 0 Å². The van der Waals surface area contributed by atoms with Crippen molar-refractivity contribution < 1.29 is 0 Å². The van der Waals surface area contributed by atoms with Crippen LogP contribution in [0.15, 0.2) is 46.9 Å². The van der Waals surface area contributed by atoms with Crippen LogP contribution >= 0.6 is 27.5 Å². The second-order valence-electron chi connectivity index (χ2n) is 5.19. The predicted molar refractivity (Wildman–Crippen MR) is 90.3 cm³/mol. The molecule has 1 nitrogen and oxygen atoms in total. The molecule has 0 amide bonds. The summed E-state index contributed by atoms with van der Waals surface area (Å²) in [5.74, 6) is 0. The fraction of sp³-hybridized carbons (Fsp3) is 0.294. The van der Waals surface area contributed by atoms with Crippen LogP contribution in [-0.4, -0.2) is 0 Å². The van der Waals surface area contributed by atoms with Crippen molar-refractivity contribution in [3.63, 3.8) is 0 Å². The summed E-state index contributed by atoms with van der Waals surface area (Å²) < 4.78 is 1.00. The zero-order valence-electron chi connectivity index (χ0n) is 12.0. The number of hydrogen-bond donors (Lipinski definition) is 1. The van der Waals surface area contributed by atoms with Gasteiger partial charge in [-0.1, -0.05) is 63.4 Å². The first-order valence-corrected chi connectivity index (χ1v) is 7.92. The molecule has 3 heteroatoms. The monoisotopic (exact) mass is 351 g/mol. The quantitative estimate of drug-likeness (QED) is 0.730. The van der Waals surface area contributed by atoms with E-state index in [2.05, 4.69) is 72.3 Å². The summed E-state index contributed by atoms with van der Waals surface area (Å²) in [6.07, 6.45) is 0. The van der Waals surface area contributed by atoms with Crippen LogP contribution in [0.25, 0.3) is 0 Å². The molecule has 0 radical (unpaired) electrons. The Labute approximate surface area is 134 Å². The van der Waals surface area contributed by atoms with Crippen LogP contribution in [0.2, 0.25) is 5.02 Å². The lowest BCUT2D eigenvalue weighted by atomic mass is 10.0. The molecule has 20 heavy (non-hydrogen) atoms. The highest BCUT2D eigenvalue weighted by Gasteiger charge is 2.13. The van der Waals surface area contributed by atoms with E-state index in [4.69, 9.17) is 11.6 Å². The van der Waals surface area contributed by atoms with Gasteiger partial charge >= 0.3 is 0 Å². The zero-order valence-corrected chi connectivity index (χ0v) is 14.3. The van der Waals surface area contributed by atoms with Gasteiger partial charge in [-0.15, -0.1) is 0 Å². The Bertz CT molecular complexity index is 580. The molecular formula is C17H19BrClN. The molecule has 0 aromatic heterocycles. The maximum Gasteiger partial charge on any atom is 0.0464 e. The van der Waals surface area contributed by atoms with E-state index in [-0.39, 0.29) is 12.1 Å². The summed E-state index contributed by atoms with van der Waals surface area (Å²) >= 11 is 9.74. The van der Waals surface area contributed by atoms with E-state index in [9.17, 15) is 0 Å². The SMILES string of the molecule is Cc1ccc([C@@H](C)NC(C)c2ccc(Br)cc2Cl)cc1. The van der Waals surface area contributed by atoms with E-state index < -0.39 is 0 Å². The molecule has 2 atom stereocenters.